The molecule has 0 amide bonds. The molecule has 0 bridgehead atoms. The smallest absolute Gasteiger partial charge is 0.191 e. The van der Waals surface area contributed by atoms with E-state index in [1.54, 1.807) is 38.3 Å². The number of rotatable bonds is 6. The lowest BCUT2D eigenvalue weighted by molar-refractivity contribution is -0.149. The van der Waals surface area contributed by atoms with E-state index in [1.807, 2.05) is 0 Å². The Hall–Kier alpha value is -1.39. The Bertz CT molecular complexity index is 311. The van der Waals surface area contributed by atoms with Gasteiger partial charge >= 0.3 is 0 Å². The number of hydrogen-bond donors (Lipinski definition) is 0. The van der Waals surface area contributed by atoms with Crippen molar-refractivity contribution >= 4 is 6.29 Å². The summed E-state index contributed by atoms with van der Waals surface area (Å²) >= 11 is 0. The first-order valence-electron chi connectivity index (χ1n) is 4.59. The number of benzene rings is 1. The van der Waals surface area contributed by atoms with Gasteiger partial charge in [-0.05, 0) is 19.1 Å². The second-order valence-corrected chi connectivity index (χ2v) is 2.89. The summed E-state index contributed by atoms with van der Waals surface area (Å²) in [5, 5.41) is 0. The second kappa shape index (κ2) is 6.16. The molecule has 0 saturated carbocycles. The number of para-hydroxylation sites is 1. The molecule has 4 heteroatoms. The average molecular weight is 210 g/mol. The van der Waals surface area contributed by atoms with Gasteiger partial charge in [0.25, 0.3) is 0 Å². The Morgan fingerprint density at radius 2 is 2.13 bits per heavy atom. The summed E-state index contributed by atoms with van der Waals surface area (Å²) in [6.45, 7) is 1.81. The molecule has 0 aliphatic carbocycles. The molecule has 0 aromatic heterocycles. The van der Waals surface area contributed by atoms with E-state index in [9.17, 15) is 4.79 Å². The Balaban J connectivity index is 2.46. The molecule has 1 unspecified atom stereocenters. The topological polar surface area (TPSA) is 44.8 Å². The van der Waals surface area contributed by atoms with Gasteiger partial charge in [-0.1, -0.05) is 12.1 Å². The first-order chi connectivity index (χ1) is 7.27. The number of ether oxygens (including phenoxy) is 3. The molecule has 15 heavy (non-hydrogen) atoms. The fourth-order valence-corrected chi connectivity index (χ4v) is 0.971. The number of carbonyl (C=O) groups excluding carboxylic acids is 1. The van der Waals surface area contributed by atoms with E-state index >= 15 is 0 Å². The normalized spacial score (nSPS) is 12.1. The van der Waals surface area contributed by atoms with Gasteiger partial charge in [-0.3, -0.25) is 4.79 Å². The van der Waals surface area contributed by atoms with E-state index in [0.29, 0.717) is 11.3 Å². The summed E-state index contributed by atoms with van der Waals surface area (Å²) in [4.78, 5) is 10.6. The fourth-order valence-electron chi connectivity index (χ4n) is 0.971. The highest BCUT2D eigenvalue weighted by Gasteiger charge is 2.02. The van der Waals surface area contributed by atoms with Gasteiger partial charge in [0.15, 0.2) is 19.4 Å². The number of carbonyl (C=O) groups is 1. The van der Waals surface area contributed by atoms with Crippen molar-refractivity contribution in [3.63, 3.8) is 0 Å². The van der Waals surface area contributed by atoms with Crippen LogP contribution in [0.1, 0.15) is 17.3 Å². The largest absolute Gasteiger partial charge is 0.467 e. The van der Waals surface area contributed by atoms with Crippen LogP contribution >= 0.6 is 0 Å². The lowest BCUT2D eigenvalue weighted by Gasteiger charge is -2.12. The van der Waals surface area contributed by atoms with Crippen molar-refractivity contribution in [2.45, 2.75) is 13.2 Å². The molecule has 1 aromatic carbocycles. The molecule has 0 spiro atoms. The van der Waals surface area contributed by atoms with Crippen LogP contribution in [-0.4, -0.2) is 26.5 Å². The maximum Gasteiger partial charge on any atom is 0.191 e. The molecule has 0 fully saturated rings. The van der Waals surface area contributed by atoms with Crippen molar-refractivity contribution in [3.05, 3.63) is 29.8 Å². The van der Waals surface area contributed by atoms with E-state index in [1.165, 1.54) is 0 Å². The van der Waals surface area contributed by atoms with E-state index in [4.69, 9.17) is 14.2 Å². The monoisotopic (exact) mass is 210 g/mol. The predicted molar refractivity (Wildman–Crippen MR) is 54.9 cm³/mol. The highest BCUT2D eigenvalue weighted by Crippen LogP contribution is 2.15. The zero-order chi connectivity index (χ0) is 11.1. The molecule has 1 atom stereocenters. The molecular weight excluding hydrogens is 196 g/mol. The van der Waals surface area contributed by atoms with Gasteiger partial charge in [-0.25, -0.2) is 0 Å². The van der Waals surface area contributed by atoms with Crippen LogP contribution in [-0.2, 0) is 9.47 Å². The van der Waals surface area contributed by atoms with Gasteiger partial charge in [0.1, 0.15) is 5.75 Å². The third kappa shape index (κ3) is 3.69. The Morgan fingerprint density at radius 3 is 2.80 bits per heavy atom. The fraction of sp³-hybridized carbons (Fsp3) is 0.364. The van der Waals surface area contributed by atoms with E-state index in [2.05, 4.69) is 0 Å². The van der Waals surface area contributed by atoms with E-state index in [0.717, 1.165) is 6.29 Å². The van der Waals surface area contributed by atoms with Crippen molar-refractivity contribution in [3.8, 4) is 5.75 Å². The molecule has 0 saturated heterocycles. The number of hydrogen-bond acceptors (Lipinski definition) is 4. The van der Waals surface area contributed by atoms with Crippen LogP contribution in [0.5, 0.6) is 5.75 Å². The van der Waals surface area contributed by atoms with Crippen molar-refractivity contribution < 1.29 is 19.0 Å². The molecule has 0 N–H and O–H groups in total. The summed E-state index contributed by atoms with van der Waals surface area (Å²) < 4.78 is 15.3. The third-order valence-electron chi connectivity index (χ3n) is 1.90. The Labute approximate surface area is 88.8 Å². The highest BCUT2D eigenvalue weighted by molar-refractivity contribution is 5.79. The molecule has 82 valence electrons. The standard InChI is InChI=1S/C11H14O4/c1-9(13-2)14-8-15-11-6-4-3-5-10(11)7-12/h3-7,9H,8H2,1-2H3. The van der Waals surface area contributed by atoms with Crippen molar-refractivity contribution in [1.29, 1.82) is 0 Å². The lowest BCUT2D eigenvalue weighted by Crippen LogP contribution is -2.14. The summed E-state index contributed by atoms with van der Waals surface area (Å²) in [6.07, 6.45) is 0.420. The predicted octanol–water partition coefficient (Wildman–Crippen LogP) is 1.84. The first-order valence-corrected chi connectivity index (χ1v) is 4.59. The highest BCUT2D eigenvalue weighted by atomic mass is 16.7. The molecule has 0 heterocycles. The Morgan fingerprint density at radius 1 is 1.40 bits per heavy atom. The molecule has 1 aromatic rings. The minimum atomic E-state index is -0.326. The van der Waals surface area contributed by atoms with Crippen LogP contribution < -0.4 is 4.74 Å². The van der Waals surface area contributed by atoms with Gasteiger partial charge in [0.2, 0.25) is 0 Å². The summed E-state index contributed by atoms with van der Waals surface area (Å²) in [6, 6.07) is 6.96. The van der Waals surface area contributed by atoms with Crippen molar-refractivity contribution in [1.82, 2.24) is 0 Å². The van der Waals surface area contributed by atoms with E-state index < -0.39 is 0 Å². The minimum absolute atomic E-state index is 0.0554. The lowest BCUT2D eigenvalue weighted by atomic mass is 10.2. The van der Waals surface area contributed by atoms with E-state index in [-0.39, 0.29) is 13.1 Å². The van der Waals surface area contributed by atoms with Crippen molar-refractivity contribution in [2.24, 2.45) is 0 Å². The van der Waals surface area contributed by atoms with Gasteiger partial charge in [0, 0.05) is 7.11 Å². The zero-order valence-electron chi connectivity index (χ0n) is 8.80. The maximum atomic E-state index is 10.6. The van der Waals surface area contributed by atoms with Crippen LogP contribution in [0.15, 0.2) is 24.3 Å². The quantitative estimate of drug-likeness (QED) is 0.531. The zero-order valence-corrected chi connectivity index (χ0v) is 8.80. The molecule has 1 rings (SSSR count). The molecule has 0 aliphatic rings. The average Bonchev–Trinajstić information content (AvgIpc) is 2.29. The summed E-state index contributed by atoms with van der Waals surface area (Å²) in [7, 11) is 1.55. The van der Waals surface area contributed by atoms with Crippen LogP contribution in [0.25, 0.3) is 0 Å². The molecule has 0 radical (unpaired) electrons. The van der Waals surface area contributed by atoms with Crippen molar-refractivity contribution in [2.75, 3.05) is 13.9 Å². The van der Waals surface area contributed by atoms with Crippen LogP contribution in [0, 0.1) is 0 Å². The first kappa shape index (κ1) is 11.7. The third-order valence-corrected chi connectivity index (χ3v) is 1.90. The van der Waals surface area contributed by atoms with Gasteiger partial charge in [-0.15, -0.1) is 0 Å². The molecule has 4 nitrogen and oxygen atoms in total. The molecule has 0 aliphatic heterocycles. The SMILES string of the molecule is COC(C)OCOc1ccccc1C=O. The number of aldehydes is 1. The van der Waals surface area contributed by atoms with Gasteiger partial charge in [0.05, 0.1) is 5.56 Å². The summed E-state index contributed by atoms with van der Waals surface area (Å²) in [5.74, 6) is 0.510. The minimum Gasteiger partial charge on any atom is -0.467 e. The molecular formula is C11H14O4. The van der Waals surface area contributed by atoms with Crippen LogP contribution in [0.3, 0.4) is 0 Å². The second-order valence-electron chi connectivity index (χ2n) is 2.89. The maximum absolute atomic E-state index is 10.6. The summed E-state index contributed by atoms with van der Waals surface area (Å²) in [5.41, 5.74) is 0.506. The van der Waals surface area contributed by atoms with Crippen LogP contribution in [0.4, 0.5) is 0 Å². The van der Waals surface area contributed by atoms with Gasteiger partial charge in [-0.2, -0.15) is 0 Å². The Kier molecular flexibility index (Phi) is 4.80. The van der Waals surface area contributed by atoms with Gasteiger partial charge < -0.3 is 14.2 Å². The number of methoxy groups -OCH3 is 1. The van der Waals surface area contributed by atoms with Crippen LogP contribution in [0.2, 0.25) is 0 Å².